The Hall–Kier alpha value is -1.89. The van der Waals surface area contributed by atoms with E-state index in [2.05, 4.69) is 0 Å². The molecule has 0 bridgehead atoms. The van der Waals surface area contributed by atoms with Crippen LogP contribution in [-0.2, 0) is 6.42 Å². The molecule has 0 aliphatic heterocycles. The fourth-order valence-electron chi connectivity index (χ4n) is 1.17. The average Bonchev–Trinajstić information content (AvgIpc) is 2.20. The summed E-state index contributed by atoms with van der Waals surface area (Å²) in [4.78, 5) is 0. The molecule has 0 unspecified atom stereocenters. The number of nitrogens with zero attached hydrogens (tertiary/aromatic N) is 1. The Kier molecular flexibility index (Phi) is 3.19. The first-order chi connectivity index (χ1) is 6.72. The molecule has 14 heavy (non-hydrogen) atoms. The average molecular weight is 193 g/mol. The first kappa shape index (κ1) is 10.2. The van der Waals surface area contributed by atoms with Gasteiger partial charge >= 0.3 is 0 Å². The molecule has 0 fully saturated rings. The Morgan fingerprint density at radius 3 is 2.43 bits per heavy atom. The van der Waals surface area contributed by atoms with Gasteiger partial charge in [0.1, 0.15) is 5.75 Å². The number of phenols is 1. The molecule has 1 aromatic carbocycles. The third kappa shape index (κ3) is 1.88. The van der Waals surface area contributed by atoms with E-state index in [1.165, 1.54) is 20.3 Å². The molecule has 1 rings (SSSR count). The highest BCUT2D eigenvalue weighted by molar-refractivity contribution is 5.50. The molecule has 1 N–H and O–H groups in total. The molecule has 74 valence electrons. The van der Waals surface area contributed by atoms with Crippen LogP contribution in [0.3, 0.4) is 0 Å². The summed E-state index contributed by atoms with van der Waals surface area (Å²) in [5.74, 6) is 0.840. The summed E-state index contributed by atoms with van der Waals surface area (Å²) < 4.78 is 9.93. The molecule has 4 nitrogen and oxygen atoms in total. The van der Waals surface area contributed by atoms with Crippen molar-refractivity contribution in [3.8, 4) is 23.3 Å². The highest BCUT2D eigenvalue weighted by Gasteiger charge is 2.09. The van der Waals surface area contributed by atoms with Crippen LogP contribution in [0.15, 0.2) is 12.1 Å². The lowest BCUT2D eigenvalue weighted by Gasteiger charge is -2.09. The van der Waals surface area contributed by atoms with E-state index < -0.39 is 0 Å². The third-order valence-electron chi connectivity index (χ3n) is 1.85. The molecule has 0 saturated carbocycles. The SMILES string of the molecule is COc1cc(CC#N)c(OC)cc1O. The predicted octanol–water partition coefficient (Wildman–Crippen LogP) is 1.48. The zero-order chi connectivity index (χ0) is 10.6. The molecule has 0 amide bonds. The molecule has 0 atom stereocenters. The maximum absolute atomic E-state index is 9.43. The minimum Gasteiger partial charge on any atom is -0.504 e. The van der Waals surface area contributed by atoms with Gasteiger partial charge in [-0.1, -0.05) is 0 Å². The number of nitriles is 1. The van der Waals surface area contributed by atoms with Crippen LogP contribution in [0.2, 0.25) is 0 Å². The maximum atomic E-state index is 9.43. The number of hydrogen-bond acceptors (Lipinski definition) is 4. The standard InChI is InChI=1S/C10H11NO3/c1-13-9-6-8(12)10(14-2)5-7(9)3-4-11/h5-6,12H,3H2,1-2H3. The molecule has 0 spiro atoms. The van der Waals surface area contributed by atoms with Gasteiger partial charge in [0.15, 0.2) is 11.5 Å². The van der Waals surface area contributed by atoms with E-state index in [-0.39, 0.29) is 12.2 Å². The predicted molar refractivity (Wildman–Crippen MR) is 50.5 cm³/mol. The van der Waals surface area contributed by atoms with Crippen molar-refractivity contribution in [2.24, 2.45) is 0 Å². The minimum atomic E-state index is 0.00559. The van der Waals surface area contributed by atoms with Crippen LogP contribution in [0, 0.1) is 11.3 Å². The van der Waals surface area contributed by atoms with Crippen LogP contribution in [0.1, 0.15) is 5.56 Å². The zero-order valence-corrected chi connectivity index (χ0v) is 8.07. The fraction of sp³-hybridized carbons (Fsp3) is 0.300. The molecule has 0 aliphatic rings. The molecule has 0 aromatic heterocycles. The monoisotopic (exact) mass is 193 g/mol. The van der Waals surface area contributed by atoms with Crippen molar-refractivity contribution >= 4 is 0 Å². The number of methoxy groups -OCH3 is 2. The fourth-order valence-corrected chi connectivity index (χ4v) is 1.17. The Bertz CT molecular complexity index is 368. The van der Waals surface area contributed by atoms with Crippen LogP contribution in [0.25, 0.3) is 0 Å². The van der Waals surface area contributed by atoms with Crippen molar-refractivity contribution in [1.82, 2.24) is 0 Å². The van der Waals surface area contributed by atoms with Crippen molar-refractivity contribution in [2.45, 2.75) is 6.42 Å². The Morgan fingerprint density at radius 1 is 1.29 bits per heavy atom. The number of aromatic hydroxyl groups is 1. The summed E-state index contributed by atoms with van der Waals surface area (Å²) >= 11 is 0. The lowest BCUT2D eigenvalue weighted by molar-refractivity contribution is 0.364. The van der Waals surface area contributed by atoms with Crippen LogP contribution < -0.4 is 9.47 Å². The molecular formula is C10H11NO3. The van der Waals surface area contributed by atoms with Gasteiger partial charge in [-0.05, 0) is 6.07 Å². The van der Waals surface area contributed by atoms with E-state index in [1.807, 2.05) is 6.07 Å². The smallest absolute Gasteiger partial charge is 0.161 e. The quantitative estimate of drug-likeness (QED) is 0.789. The highest BCUT2D eigenvalue weighted by atomic mass is 16.5. The largest absolute Gasteiger partial charge is 0.504 e. The third-order valence-corrected chi connectivity index (χ3v) is 1.85. The topological polar surface area (TPSA) is 62.5 Å². The van der Waals surface area contributed by atoms with Crippen LogP contribution in [0.5, 0.6) is 17.2 Å². The van der Waals surface area contributed by atoms with Gasteiger partial charge in [-0.3, -0.25) is 0 Å². The normalized spacial score (nSPS) is 9.21. The van der Waals surface area contributed by atoms with Gasteiger partial charge < -0.3 is 14.6 Å². The van der Waals surface area contributed by atoms with Gasteiger partial charge in [-0.25, -0.2) is 0 Å². The Balaban J connectivity index is 3.19. The zero-order valence-electron chi connectivity index (χ0n) is 8.07. The summed E-state index contributed by atoms with van der Waals surface area (Å²) in [5.41, 5.74) is 0.699. The maximum Gasteiger partial charge on any atom is 0.161 e. The van der Waals surface area contributed by atoms with Gasteiger partial charge in [0.25, 0.3) is 0 Å². The van der Waals surface area contributed by atoms with Crippen LogP contribution in [-0.4, -0.2) is 19.3 Å². The van der Waals surface area contributed by atoms with Gasteiger partial charge in [-0.2, -0.15) is 5.26 Å². The van der Waals surface area contributed by atoms with Crippen molar-refractivity contribution in [1.29, 1.82) is 5.26 Å². The molecule has 0 heterocycles. The first-order valence-corrected chi connectivity index (χ1v) is 4.03. The van der Waals surface area contributed by atoms with Crippen LogP contribution >= 0.6 is 0 Å². The number of hydrogen-bond donors (Lipinski definition) is 1. The van der Waals surface area contributed by atoms with Crippen molar-refractivity contribution in [2.75, 3.05) is 14.2 Å². The van der Waals surface area contributed by atoms with Gasteiger partial charge in [0.2, 0.25) is 0 Å². The van der Waals surface area contributed by atoms with Gasteiger partial charge in [0.05, 0.1) is 26.7 Å². The highest BCUT2D eigenvalue weighted by Crippen LogP contribution is 2.33. The Labute approximate surface area is 82.3 Å². The van der Waals surface area contributed by atoms with Crippen LogP contribution in [0.4, 0.5) is 0 Å². The van der Waals surface area contributed by atoms with Gasteiger partial charge in [-0.15, -0.1) is 0 Å². The molecule has 4 heteroatoms. The van der Waals surface area contributed by atoms with E-state index in [9.17, 15) is 5.11 Å². The summed E-state index contributed by atoms with van der Waals surface area (Å²) in [6.45, 7) is 0. The number of ether oxygens (including phenoxy) is 2. The summed E-state index contributed by atoms with van der Waals surface area (Å²) in [6, 6.07) is 5.04. The second kappa shape index (κ2) is 4.38. The minimum absolute atomic E-state index is 0.00559. The summed E-state index contributed by atoms with van der Waals surface area (Å²) in [6.07, 6.45) is 0.222. The second-order valence-corrected chi connectivity index (χ2v) is 2.67. The van der Waals surface area contributed by atoms with Crippen molar-refractivity contribution in [3.63, 3.8) is 0 Å². The first-order valence-electron chi connectivity index (χ1n) is 4.03. The number of phenolic OH excluding ortho intramolecular Hbond substituents is 1. The lowest BCUT2D eigenvalue weighted by Crippen LogP contribution is -1.93. The second-order valence-electron chi connectivity index (χ2n) is 2.67. The summed E-state index contributed by atoms with van der Waals surface area (Å²) in [5, 5.41) is 18.0. The lowest BCUT2D eigenvalue weighted by atomic mass is 10.1. The van der Waals surface area contributed by atoms with E-state index in [0.717, 1.165) is 0 Å². The Morgan fingerprint density at radius 2 is 1.93 bits per heavy atom. The van der Waals surface area contributed by atoms with Crippen molar-refractivity contribution in [3.05, 3.63) is 17.7 Å². The molecule has 0 radical (unpaired) electrons. The molecule has 0 saturated heterocycles. The van der Waals surface area contributed by atoms with Crippen molar-refractivity contribution < 1.29 is 14.6 Å². The van der Waals surface area contributed by atoms with E-state index in [4.69, 9.17) is 14.7 Å². The van der Waals surface area contributed by atoms with Gasteiger partial charge in [0, 0.05) is 11.6 Å². The molecular weight excluding hydrogens is 182 g/mol. The summed E-state index contributed by atoms with van der Waals surface area (Å²) in [7, 11) is 2.94. The van der Waals surface area contributed by atoms with E-state index >= 15 is 0 Å². The molecule has 0 aliphatic carbocycles. The molecule has 1 aromatic rings. The van der Waals surface area contributed by atoms with E-state index in [1.54, 1.807) is 6.07 Å². The van der Waals surface area contributed by atoms with E-state index in [0.29, 0.717) is 17.1 Å². The number of benzene rings is 1. The number of rotatable bonds is 3.